The summed E-state index contributed by atoms with van der Waals surface area (Å²) in [5.41, 5.74) is 4.23. The number of ether oxygens (including phenoxy) is 1. The van der Waals surface area contributed by atoms with E-state index in [-0.39, 0.29) is 24.2 Å². The van der Waals surface area contributed by atoms with Crippen LogP contribution in [0.15, 0.2) is 30.3 Å². The molecule has 24 heavy (non-hydrogen) atoms. The number of rotatable bonds is 8. The van der Waals surface area contributed by atoms with Crippen molar-refractivity contribution in [1.82, 2.24) is 10.8 Å². The van der Waals surface area contributed by atoms with E-state index < -0.39 is 0 Å². The molecule has 0 amide bonds. The molecule has 2 fully saturated rings. The summed E-state index contributed by atoms with van der Waals surface area (Å²) in [5, 5.41) is 3.28. The predicted octanol–water partition coefficient (Wildman–Crippen LogP) is 2.56. The standard InChI is InChI=1S/C19H28N2O3/c1-2-6-15-11-18(15)24-19(22)17-10-9-16(12-20-17)21-23-13-14-7-4-3-5-8-14/h3-5,7-8,15-18,20-21H,2,6,9-13H2,1H3/t15?,16-,17+,18?/m1/s1. The molecule has 0 aromatic heterocycles. The number of benzene rings is 1. The van der Waals surface area contributed by atoms with Crippen molar-refractivity contribution in [2.75, 3.05) is 6.54 Å². The van der Waals surface area contributed by atoms with Crippen LogP contribution in [0.3, 0.4) is 0 Å². The van der Waals surface area contributed by atoms with Crippen molar-refractivity contribution in [3.05, 3.63) is 35.9 Å². The van der Waals surface area contributed by atoms with Crippen molar-refractivity contribution >= 4 is 5.97 Å². The van der Waals surface area contributed by atoms with Gasteiger partial charge in [0, 0.05) is 12.6 Å². The molecule has 1 aromatic carbocycles. The molecule has 5 nitrogen and oxygen atoms in total. The van der Waals surface area contributed by atoms with Crippen molar-refractivity contribution in [2.24, 2.45) is 5.92 Å². The minimum absolute atomic E-state index is 0.0812. The summed E-state index contributed by atoms with van der Waals surface area (Å²) in [6.07, 6.45) is 5.24. The predicted molar refractivity (Wildman–Crippen MR) is 92.1 cm³/mol. The highest BCUT2D eigenvalue weighted by atomic mass is 16.6. The van der Waals surface area contributed by atoms with E-state index in [0.717, 1.165) is 37.8 Å². The maximum atomic E-state index is 12.2. The van der Waals surface area contributed by atoms with E-state index in [1.165, 1.54) is 6.42 Å². The van der Waals surface area contributed by atoms with E-state index in [9.17, 15) is 4.79 Å². The first-order valence-corrected chi connectivity index (χ1v) is 9.11. The second kappa shape index (κ2) is 8.60. The first-order valence-electron chi connectivity index (χ1n) is 9.11. The molecule has 4 atom stereocenters. The molecule has 2 aliphatic rings. The molecule has 0 spiro atoms. The van der Waals surface area contributed by atoms with Gasteiger partial charge in [0.2, 0.25) is 0 Å². The topological polar surface area (TPSA) is 59.6 Å². The van der Waals surface area contributed by atoms with E-state index in [0.29, 0.717) is 12.5 Å². The van der Waals surface area contributed by atoms with E-state index in [1.54, 1.807) is 0 Å². The molecule has 132 valence electrons. The first-order chi connectivity index (χ1) is 11.8. The van der Waals surface area contributed by atoms with Gasteiger partial charge in [0.05, 0.1) is 6.61 Å². The summed E-state index contributed by atoms with van der Waals surface area (Å²) >= 11 is 0. The zero-order valence-electron chi connectivity index (χ0n) is 14.4. The van der Waals surface area contributed by atoms with Gasteiger partial charge in [0.1, 0.15) is 12.1 Å². The quantitative estimate of drug-likeness (QED) is 0.566. The summed E-state index contributed by atoms with van der Waals surface area (Å²) < 4.78 is 5.59. The number of nitrogens with one attached hydrogen (secondary N) is 2. The Hall–Kier alpha value is -1.43. The SMILES string of the molecule is CCCC1CC1OC(=O)[C@@H]1CC[C@@H](NOCc2ccccc2)CN1. The molecule has 1 aliphatic heterocycles. The Morgan fingerprint density at radius 3 is 2.83 bits per heavy atom. The second-order valence-corrected chi connectivity index (χ2v) is 6.89. The van der Waals surface area contributed by atoms with Crippen molar-refractivity contribution in [1.29, 1.82) is 0 Å². The Morgan fingerprint density at radius 1 is 1.29 bits per heavy atom. The molecule has 1 saturated heterocycles. The normalized spacial score (nSPS) is 29.2. The van der Waals surface area contributed by atoms with Gasteiger partial charge < -0.3 is 10.1 Å². The molecule has 1 heterocycles. The lowest BCUT2D eigenvalue weighted by molar-refractivity contribution is -0.149. The van der Waals surface area contributed by atoms with E-state index >= 15 is 0 Å². The Kier molecular flexibility index (Phi) is 6.24. The molecule has 1 aromatic rings. The highest BCUT2D eigenvalue weighted by Crippen LogP contribution is 2.37. The first kappa shape index (κ1) is 17.4. The fraction of sp³-hybridized carbons (Fsp3) is 0.632. The van der Waals surface area contributed by atoms with Crippen molar-refractivity contribution in [3.63, 3.8) is 0 Å². The minimum atomic E-state index is -0.167. The van der Waals surface area contributed by atoms with E-state index in [2.05, 4.69) is 17.7 Å². The Balaban J connectivity index is 1.30. The molecule has 0 radical (unpaired) electrons. The monoisotopic (exact) mass is 332 g/mol. The average molecular weight is 332 g/mol. The van der Waals surface area contributed by atoms with E-state index in [4.69, 9.17) is 9.57 Å². The van der Waals surface area contributed by atoms with Crippen LogP contribution in [-0.2, 0) is 21.0 Å². The lowest BCUT2D eigenvalue weighted by Crippen LogP contribution is -2.51. The number of hydroxylamine groups is 1. The maximum Gasteiger partial charge on any atom is 0.323 e. The molecule has 3 rings (SSSR count). The third-order valence-electron chi connectivity index (χ3n) is 4.82. The molecule has 1 aliphatic carbocycles. The van der Waals surface area contributed by atoms with Gasteiger partial charge in [-0.05, 0) is 37.2 Å². The summed E-state index contributed by atoms with van der Waals surface area (Å²) in [7, 11) is 0. The highest BCUT2D eigenvalue weighted by molar-refractivity contribution is 5.76. The summed E-state index contributed by atoms with van der Waals surface area (Å²) in [6, 6.07) is 10.1. The lowest BCUT2D eigenvalue weighted by atomic mass is 10.0. The van der Waals surface area contributed by atoms with Crippen LogP contribution in [-0.4, -0.2) is 30.7 Å². The zero-order valence-corrected chi connectivity index (χ0v) is 14.4. The number of hydrogen-bond donors (Lipinski definition) is 2. The summed E-state index contributed by atoms with van der Waals surface area (Å²) in [4.78, 5) is 17.7. The van der Waals surface area contributed by atoms with Crippen molar-refractivity contribution in [3.8, 4) is 0 Å². The summed E-state index contributed by atoms with van der Waals surface area (Å²) in [5.74, 6) is 0.519. The highest BCUT2D eigenvalue weighted by Gasteiger charge is 2.41. The van der Waals surface area contributed by atoms with Gasteiger partial charge in [-0.1, -0.05) is 43.7 Å². The Morgan fingerprint density at radius 2 is 2.12 bits per heavy atom. The van der Waals surface area contributed by atoms with Gasteiger partial charge in [0.25, 0.3) is 0 Å². The third-order valence-corrected chi connectivity index (χ3v) is 4.82. The maximum absolute atomic E-state index is 12.2. The van der Waals surface area contributed by atoms with Gasteiger partial charge in [-0.25, -0.2) is 0 Å². The Bertz CT molecular complexity index is 515. The fourth-order valence-corrected chi connectivity index (χ4v) is 3.25. The largest absolute Gasteiger partial charge is 0.461 e. The van der Waals surface area contributed by atoms with Crippen LogP contribution < -0.4 is 10.8 Å². The fourth-order valence-electron chi connectivity index (χ4n) is 3.25. The molecule has 0 bridgehead atoms. The second-order valence-electron chi connectivity index (χ2n) is 6.89. The molecule has 5 heteroatoms. The molecular weight excluding hydrogens is 304 g/mol. The van der Waals surface area contributed by atoms with Crippen LogP contribution in [0.25, 0.3) is 0 Å². The van der Waals surface area contributed by atoms with Gasteiger partial charge in [0.15, 0.2) is 0 Å². The lowest BCUT2D eigenvalue weighted by Gasteiger charge is -2.29. The molecule has 1 saturated carbocycles. The van der Waals surface area contributed by atoms with Crippen molar-refractivity contribution < 1.29 is 14.4 Å². The van der Waals surface area contributed by atoms with E-state index in [1.807, 2.05) is 30.3 Å². The van der Waals surface area contributed by atoms with Gasteiger partial charge in [-0.3, -0.25) is 9.63 Å². The number of carbonyl (C=O) groups excluding carboxylic acids is 1. The third kappa shape index (κ3) is 5.03. The number of carbonyl (C=O) groups is 1. The van der Waals surface area contributed by atoms with Gasteiger partial charge >= 0.3 is 5.97 Å². The van der Waals surface area contributed by atoms with Crippen LogP contribution in [0.1, 0.15) is 44.6 Å². The minimum Gasteiger partial charge on any atom is -0.461 e. The van der Waals surface area contributed by atoms with Crippen LogP contribution in [0.4, 0.5) is 0 Å². The number of piperidine rings is 1. The molecule has 2 N–H and O–H groups in total. The zero-order chi connectivity index (χ0) is 16.8. The molecule has 2 unspecified atom stereocenters. The summed E-state index contributed by atoms with van der Waals surface area (Å²) in [6.45, 7) is 3.44. The van der Waals surface area contributed by atoms with Crippen molar-refractivity contribution in [2.45, 2.75) is 63.8 Å². The average Bonchev–Trinajstić information content (AvgIpc) is 3.34. The van der Waals surface area contributed by atoms with Gasteiger partial charge in [-0.15, -0.1) is 0 Å². The smallest absolute Gasteiger partial charge is 0.323 e. The van der Waals surface area contributed by atoms with Crippen LogP contribution >= 0.6 is 0 Å². The molecular formula is C19H28N2O3. The van der Waals surface area contributed by atoms with Crippen LogP contribution in [0.2, 0.25) is 0 Å². The van der Waals surface area contributed by atoms with Crippen LogP contribution in [0.5, 0.6) is 0 Å². The Labute approximate surface area is 144 Å². The van der Waals surface area contributed by atoms with Gasteiger partial charge in [-0.2, -0.15) is 5.48 Å². The number of esters is 1. The number of hydrogen-bond acceptors (Lipinski definition) is 5. The van der Waals surface area contributed by atoms with Crippen LogP contribution in [0, 0.1) is 5.92 Å².